The van der Waals surface area contributed by atoms with Crippen LogP contribution in [0.3, 0.4) is 0 Å². The van der Waals surface area contributed by atoms with E-state index in [1.54, 1.807) is 0 Å². The van der Waals surface area contributed by atoms with E-state index in [0.29, 0.717) is 24.7 Å². The van der Waals surface area contributed by atoms with E-state index >= 15 is 0 Å². The number of hydrogen-bond acceptors (Lipinski definition) is 7. The van der Waals surface area contributed by atoms with Gasteiger partial charge in [0.25, 0.3) is 0 Å². The summed E-state index contributed by atoms with van der Waals surface area (Å²) in [5, 5.41) is 15.0. The summed E-state index contributed by atoms with van der Waals surface area (Å²) in [7, 11) is 1.97. The molecule has 2 aliphatic heterocycles. The first kappa shape index (κ1) is 23.1. The molecule has 2 fully saturated rings. The quantitative estimate of drug-likeness (QED) is 0.481. The van der Waals surface area contributed by atoms with Crippen molar-refractivity contribution in [3.63, 3.8) is 0 Å². The lowest BCUT2D eigenvalue weighted by Crippen LogP contribution is -2.41. The summed E-state index contributed by atoms with van der Waals surface area (Å²) >= 11 is 0. The van der Waals surface area contributed by atoms with Gasteiger partial charge in [-0.2, -0.15) is 0 Å². The molecule has 2 N–H and O–H groups in total. The Kier molecular flexibility index (Phi) is 6.78. The van der Waals surface area contributed by atoms with E-state index in [4.69, 9.17) is 0 Å². The molecule has 2 aliphatic rings. The number of amides is 2. The number of carbonyl (C=O) groups is 2. The van der Waals surface area contributed by atoms with Crippen LogP contribution in [-0.2, 0) is 16.6 Å². The van der Waals surface area contributed by atoms with Crippen molar-refractivity contribution < 1.29 is 9.59 Å². The highest BCUT2D eigenvalue weighted by Crippen LogP contribution is 2.24. The Morgan fingerprint density at radius 3 is 2.63 bits per heavy atom. The second kappa shape index (κ2) is 10.3. The summed E-state index contributed by atoms with van der Waals surface area (Å²) in [6.07, 6.45) is 4.00. The van der Waals surface area contributed by atoms with Gasteiger partial charge in [0.05, 0.1) is 11.0 Å². The molecule has 4 heterocycles. The van der Waals surface area contributed by atoms with Crippen molar-refractivity contribution >= 4 is 40.4 Å². The third-order valence-electron chi connectivity index (χ3n) is 6.94. The highest BCUT2D eigenvalue weighted by atomic mass is 16.2. The van der Waals surface area contributed by atoms with Crippen molar-refractivity contribution in [2.24, 2.45) is 13.0 Å². The molecule has 2 saturated heterocycles. The Bertz CT molecular complexity index is 1180. The smallest absolute Gasteiger partial charge is 0.223 e. The third kappa shape index (κ3) is 5.21. The fraction of sp³-hybridized carbons (Fsp3) is 0.480. The fourth-order valence-corrected chi connectivity index (χ4v) is 4.87. The van der Waals surface area contributed by atoms with Crippen LogP contribution in [0, 0.1) is 5.92 Å². The summed E-state index contributed by atoms with van der Waals surface area (Å²) in [4.78, 5) is 32.9. The topological polar surface area (TPSA) is 108 Å². The van der Waals surface area contributed by atoms with Crippen LogP contribution in [0.2, 0.25) is 0 Å². The Morgan fingerprint density at radius 1 is 1.09 bits per heavy atom. The van der Waals surface area contributed by atoms with Crippen LogP contribution in [0.1, 0.15) is 32.1 Å². The number of carbonyl (C=O) groups excluding carboxylic acids is 2. The lowest BCUT2D eigenvalue weighted by Gasteiger charge is -2.31. The largest absolute Gasteiger partial charge is 0.356 e. The van der Waals surface area contributed by atoms with Crippen molar-refractivity contribution in [1.82, 2.24) is 30.0 Å². The zero-order valence-corrected chi connectivity index (χ0v) is 20.1. The minimum atomic E-state index is 0.0196. The summed E-state index contributed by atoms with van der Waals surface area (Å²) in [5.74, 6) is 2.54. The molecule has 0 saturated carbocycles. The molecule has 10 nitrogen and oxygen atoms in total. The maximum atomic E-state index is 12.6. The minimum absolute atomic E-state index is 0.0196. The van der Waals surface area contributed by atoms with Crippen LogP contribution >= 0.6 is 0 Å². The van der Waals surface area contributed by atoms with E-state index in [1.807, 2.05) is 52.9 Å². The minimum Gasteiger partial charge on any atom is -0.356 e. The number of piperidine rings is 1. The van der Waals surface area contributed by atoms with Gasteiger partial charge in [0.2, 0.25) is 17.8 Å². The maximum Gasteiger partial charge on any atom is 0.223 e. The average Bonchev–Trinajstić information content (AvgIpc) is 3.44. The lowest BCUT2D eigenvalue weighted by molar-refractivity contribution is -0.127. The number of aromatic nitrogens is 4. The number of fused-ring (bicyclic) bond motifs is 1. The number of anilines is 3. The van der Waals surface area contributed by atoms with E-state index in [2.05, 4.69) is 30.7 Å². The molecule has 5 rings (SSSR count). The Morgan fingerprint density at radius 2 is 1.91 bits per heavy atom. The van der Waals surface area contributed by atoms with Crippen LogP contribution in [-0.4, -0.2) is 69.2 Å². The first-order chi connectivity index (χ1) is 17.1. The number of hydrogen-bond donors (Lipinski definition) is 2. The number of nitrogens with one attached hydrogen (secondary N) is 2. The Labute approximate surface area is 204 Å². The molecule has 0 atom stereocenters. The molecule has 2 aromatic heterocycles. The van der Waals surface area contributed by atoms with Gasteiger partial charge in [-0.3, -0.25) is 9.59 Å². The molecule has 184 valence electrons. The van der Waals surface area contributed by atoms with Crippen molar-refractivity contribution in [2.45, 2.75) is 32.1 Å². The molecule has 0 bridgehead atoms. The van der Waals surface area contributed by atoms with Gasteiger partial charge in [-0.25, -0.2) is 4.98 Å². The molecule has 0 spiro atoms. The summed E-state index contributed by atoms with van der Waals surface area (Å²) in [5.41, 5.74) is 1.98. The van der Waals surface area contributed by atoms with Crippen LogP contribution < -0.4 is 15.5 Å². The van der Waals surface area contributed by atoms with E-state index in [1.165, 1.54) is 0 Å². The molecule has 1 aromatic carbocycles. The van der Waals surface area contributed by atoms with Crippen LogP contribution in [0.5, 0.6) is 0 Å². The maximum absolute atomic E-state index is 12.6. The third-order valence-corrected chi connectivity index (χ3v) is 6.94. The Balaban J connectivity index is 1.07. The molecular formula is C25H32N8O2. The standard InChI is InChI=1S/C25H32N8O2/c1-31-20-7-3-2-6-19(20)27-25(31)28-21-9-10-22(30-29-21)32-16-11-18(12-17-32)24(35)26-13-5-15-33-14-4-8-23(33)34/h2-3,6-7,9-10,18H,4-5,8,11-17H2,1H3,(H,26,35)(H,27,28,29). The van der Waals surface area contributed by atoms with Gasteiger partial charge in [0.1, 0.15) is 0 Å². The summed E-state index contributed by atoms with van der Waals surface area (Å²) in [6.45, 7) is 3.75. The van der Waals surface area contributed by atoms with E-state index in [-0.39, 0.29) is 17.7 Å². The number of benzene rings is 1. The molecule has 0 unspecified atom stereocenters. The number of aryl methyl sites for hydroxylation is 1. The highest BCUT2D eigenvalue weighted by molar-refractivity contribution is 5.80. The van der Waals surface area contributed by atoms with Crippen LogP contribution in [0.15, 0.2) is 36.4 Å². The normalized spacial score (nSPS) is 16.8. The van der Waals surface area contributed by atoms with Gasteiger partial charge >= 0.3 is 0 Å². The van der Waals surface area contributed by atoms with Crippen molar-refractivity contribution in [3.05, 3.63) is 36.4 Å². The van der Waals surface area contributed by atoms with Gasteiger partial charge in [0, 0.05) is 52.1 Å². The van der Waals surface area contributed by atoms with E-state index in [0.717, 1.165) is 68.7 Å². The second-order valence-electron chi connectivity index (χ2n) is 9.28. The number of imidazole rings is 1. The van der Waals surface area contributed by atoms with Gasteiger partial charge < -0.3 is 25.0 Å². The Hall–Kier alpha value is -3.69. The predicted molar refractivity (Wildman–Crippen MR) is 134 cm³/mol. The molecule has 10 heteroatoms. The summed E-state index contributed by atoms with van der Waals surface area (Å²) in [6, 6.07) is 11.8. The van der Waals surface area contributed by atoms with Gasteiger partial charge in [-0.15, -0.1) is 10.2 Å². The highest BCUT2D eigenvalue weighted by Gasteiger charge is 2.26. The lowest BCUT2D eigenvalue weighted by atomic mass is 9.96. The first-order valence-corrected chi connectivity index (χ1v) is 12.4. The van der Waals surface area contributed by atoms with Gasteiger partial charge in [-0.1, -0.05) is 12.1 Å². The number of para-hydroxylation sites is 2. The van der Waals surface area contributed by atoms with Gasteiger partial charge in [-0.05, 0) is 49.9 Å². The monoisotopic (exact) mass is 476 g/mol. The number of rotatable bonds is 8. The molecule has 35 heavy (non-hydrogen) atoms. The van der Waals surface area contributed by atoms with Crippen molar-refractivity contribution in [2.75, 3.05) is 42.9 Å². The SMILES string of the molecule is Cn1c(Nc2ccc(N3CCC(C(=O)NCCCN4CCCC4=O)CC3)nn2)nc2ccccc21. The average molecular weight is 477 g/mol. The van der Waals surface area contributed by atoms with Crippen molar-refractivity contribution in [3.8, 4) is 0 Å². The van der Waals surface area contributed by atoms with Crippen LogP contribution in [0.25, 0.3) is 11.0 Å². The predicted octanol–water partition coefficient (Wildman–Crippen LogP) is 2.45. The number of nitrogens with zero attached hydrogens (tertiary/aromatic N) is 6. The zero-order valence-electron chi connectivity index (χ0n) is 20.1. The van der Waals surface area contributed by atoms with E-state index in [9.17, 15) is 9.59 Å². The van der Waals surface area contributed by atoms with E-state index < -0.39 is 0 Å². The summed E-state index contributed by atoms with van der Waals surface area (Å²) < 4.78 is 1.99. The van der Waals surface area contributed by atoms with Crippen LogP contribution in [0.4, 0.5) is 17.6 Å². The molecule has 0 aliphatic carbocycles. The fourth-order valence-electron chi connectivity index (χ4n) is 4.87. The molecular weight excluding hydrogens is 444 g/mol. The van der Waals surface area contributed by atoms with Crippen molar-refractivity contribution in [1.29, 1.82) is 0 Å². The molecule has 0 radical (unpaired) electrons. The molecule has 2 amide bonds. The zero-order chi connectivity index (χ0) is 24.2. The van der Waals surface area contributed by atoms with Gasteiger partial charge in [0.15, 0.2) is 11.6 Å². The molecule has 3 aromatic rings. The second-order valence-corrected chi connectivity index (χ2v) is 9.28. The number of likely N-dealkylation sites (tertiary alicyclic amines) is 1. The first-order valence-electron chi connectivity index (χ1n) is 12.4.